The lowest BCUT2D eigenvalue weighted by Crippen LogP contribution is -2.45. The van der Waals surface area contributed by atoms with Crippen molar-refractivity contribution < 1.29 is 9.59 Å². The van der Waals surface area contributed by atoms with Crippen LogP contribution in [0.5, 0.6) is 0 Å². The Morgan fingerprint density at radius 1 is 1.39 bits per heavy atom. The number of aromatic amines is 1. The Hall–Kier alpha value is -1.92. The molecule has 2 amide bonds. The highest BCUT2D eigenvalue weighted by molar-refractivity contribution is 5.92. The zero-order valence-corrected chi connectivity index (χ0v) is 13.4. The quantitative estimate of drug-likeness (QED) is 0.873. The fraction of sp³-hybridized carbons (Fsp3) is 0.750. The average Bonchev–Trinajstić information content (AvgIpc) is 3.31. The van der Waals surface area contributed by atoms with Crippen molar-refractivity contribution in [2.45, 2.75) is 57.5 Å². The van der Waals surface area contributed by atoms with E-state index in [4.69, 9.17) is 0 Å². The maximum absolute atomic E-state index is 12.8. The molecular formula is C16H23N5O2. The van der Waals surface area contributed by atoms with Gasteiger partial charge in [0.15, 0.2) is 5.69 Å². The maximum atomic E-state index is 12.8. The molecule has 2 bridgehead atoms. The van der Waals surface area contributed by atoms with E-state index in [1.807, 2.05) is 6.92 Å². The number of carbonyl (C=O) groups excluding carboxylic acids is 2. The number of hydrogen-bond acceptors (Lipinski definition) is 4. The fourth-order valence-corrected chi connectivity index (χ4v) is 4.72. The Labute approximate surface area is 135 Å². The van der Waals surface area contributed by atoms with Crippen LogP contribution in [0.15, 0.2) is 6.20 Å². The monoisotopic (exact) mass is 317 g/mol. The van der Waals surface area contributed by atoms with Crippen molar-refractivity contribution >= 4 is 11.8 Å². The third-order valence-electron chi connectivity index (χ3n) is 6.03. The summed E-state index contributed by atoms with van der Waals surface area (Å²) in [5.74, 6) is 0.849. The molecule has 2 saturated carbocycles. The molecule has 3 fully saturated rings. The van der Waals surface area contributed by atoms with Crippen molar-refractivity contribution in [1.29, 1.82) is 0 Å². The SMILES string of the molecule is CC1CC(NC(=O)C23CCC(CC2)C3)CN1C(=O)c1cn[nH]n1. The van der Waals surface area contributed by atoms with Gasteiger partial charge in [0, 0.05) is 24.0 Å². The third-order valence-corrected chi connectivity index (χ3v) is 6.03. The topological polar surface area (TPSA) is 91.0 Å². The Kier molecular flexibility index (Phi) is 3.39. The van der Waals surface area contributed by atoms with Crippen molar-refractivity contribution in [2.75, 3.05) is 6.54 Å². The third kappa shape index (κ3) is 2.42. The highest BCUT2D eigenvalue weighted by atomic mass is 16.2. The van der Waals surface area contributed by atoms with Gasteiger partial charge >= 0.3 is 0 Å². The molecule has 0 radical (unpaired) electrons. The molecule has 1 saturated heterocycles. The number of carbonyl (C=O) groups is 2. The van der Waals surface area contributed by atoms with Crippen LogP contribution >= 0.6 is 0 Å². The number of rotatable bonds is 3. The van der Waals surface area contributed by atoms with Gasteiger partial charge in [-0.15, -0.1) is 0 Å². The van der Waals surface area contributed by atoms with Crippen LogP contribution in [0.2, 0.25) is 0 Å². The summed E-state index contributed by atoms with van der Waals surface area (Å²) in [6.45, 7) is 2.57. The molecule has 2 N–H and O–H groups in total. The van der Waals surface area contributed by atoms with Crippen molar-refractivity contribution in [3.8, 4) is 0 Å². The molecule has 7 nitrogen and oxygen atoms in total. The number of aromatic nitrogens is 3. The molecule has 2 aliphatic carbocycles. The van der Waals surface area contributed by atoms with Gasteiger partial charge in [-0.05, 0) is 51.4 Å². The number of nitrogens with zero attached hydrogens (tertiary/aromatic N) is 3. The molecule has 2 unspecified atom stereocenters. The number of fused-ring (bicyclic) bond motifs is 2. The second kappa shape index (κ2) is 5.32. The maximum Gasteiger partial charge on any atom is 0.276 e. The predicted molar refractivity (Wildman–Crippen MR) is 82.4 cm³/mol. The van der Waals surface area contributed by atoms with E-state index in [2.05, 4.69) is 20.7 Å². The first kappa shape index (κ1) is 14.7. The summed E-state index contributed by atoms with van der Waals surface area (Å²) in [5, 5.41) is 13.2. The summed E-state index contributed by atoms with van der Waals surface area (Å²) in [4.78, 5) is 27.0. The zero-order chi connectivity index (χ0) is 16.0. The summed E-state index contributed by atoms with van der Waals surface area (Å²) in [5.41, 5.74) is 0.217. The van der Waals surface area contributed by atoms with Crippen LogP contribution < -0.4 is 5.32 Å². The molecule has 23 heavy (non-hydrogen) atoms. The molecular weight excluding hydrogens is 294 g/mol. The average molecular weight is 317 g/mol. The van der Waals surface area contributed by atoms with E-state index in [0.29, 0.717) is 12.2 Å². The first-order valence-electron chi connectivity index (χ1n) is 8.55. The minimum absolute atomic E-state index is 0.0439. The molecule has 1 aromatic rings. The molecule has 7 heteroatoms. The van der Waals surface area contributed by atoms with Crippen molar-refractivity contribution in [3.05, 3.63) is 11.9 Å². The lowest BCUT2D eigenvalue weighted by atomic mass is 9.83. The predicted octanol–water partition coefficient (Wildman–Crippen LogP) is 1.10. The Bertz CT molecular complexity index is 606. The first-order valence-corrected chi connectivity index (χ1v) is 8.55. The van der Waals surface area contributed by atoms with E-state index in [9.17, 15) is 9.59 Å². The van der Waals surface area contributed by atoms with Crippen molar-refractivity contribution in [2.24, 2.45) is 11.3 Å². The van der Waals surface area contributed by atoms with Gasteiger partial charge in [0.1, 0.15) is 0 Å². The van der Waals surface area contributed by atoms with Gasteiger partial charge in [0.2, 0.25) is 5.91 Å². The van der Waals surface area contributed by atoms with Gasteiger partial charge in [-0.25, -0.2) is 0 Å². The largest absolute Gasteiger partial charge is 0.351 e. The first-order chi connectivity index (χ1) is 11.1. The standard InChI is InChI=1S/C16H23N5O2/c1-10-6-12(9-21(10)14(22)13-8-17-20-19-13)18-15(23)16-4-2-11(7-16)3-5-16/h8,10-12H,2-7,9H2,1H3,(H,18,23)(H,17,19,20). The van der Waals surface area contributed by atoms with E-state index >= 15 is 0 Å². The fourth-order valence-electron chi connectivity index (χ4n) is 4.72. The molecule has 4 rings (SSSR count). The molecule has 1 aromatic heterocycles. The van der Waals surface area contributed by atoms with Crippen LogP contribution in [0.1, 0.15) is 55.9 Å². The Morgan fingerprint density at radius 2 is 2.17 bits per heavy atom. The number of hydrogen-bond donors (Lipinski definition) is 2. The normalized spacial score (nSPS) is 35.7. The highest BCUT2D eigenvalue weighted by Crippen LogP contribution is 2.54. The lowest BCUT2D eigenvalue weighted by molar-refractivity contribution is -0.131. The van der Waals surface area contributed by atoms with Crippen LogP contribution in [-0.4, -0.2) is 50.8 Å². The van der Waals surface area contributed by atoms with Crippen LogP contribution in [0.4, 0.5) is 0 Å². The number of H-pyrrole nitrogens is 1. The van der Waals surface area contributed by atoms with Crippen LogP contribution in [0.3, 0.4) is 0 Å². The molecule has 1 aliphatic heterocycles. The Morgan fingerprint density at radius 3 is 2.78 bits per heavy atom. The second-order valence-electron chi connectivity index (χ2n) is 7.50. The Balaban J connectivity index is 1.40. The van der Waals surface area contributed by atoms with E-state index in [1.54, 1.807) is 4.90 Å². The lowest BCUT2D eigenvalue weighted by Gasteiger charge is -2.27. The summed E-state index contributed by atoms with van der Waals surface area (Å²) < 4.78 is 0. The van der Waals surface area contributed by atoms with Gasteiger partial charge in [0.25, 0.3) is 5.91 Å². The van der Waals surface area contributed by atoms with Crippen molar-refractivity contribution in [3.63, 3.8) is 0 Å². The van der Waals surface area contributed by atoms with E-state index in [1.165, 1.54) is 19.0 Å². The van der Waals surface area contributed by atoms with Gasteiger partial charge in [0.05, 0.1) is 6.20 Å². The second-order valence-corrected chi connectivity index (χ2v) is 7.50. The van der Waals surface area contributed by atoms with Gasteiger partial charge < -0.3 is 10.2 Å². The molecule has 0 aromatic carbocycles. The van der Waals surface area contributed by atoms with Gasteiger partial charge in [-0.2, -0.15) is 15.4 Å². The van der Waals surface area contributed by atoms with Gasteiger partial charge in [-0.1, -0.05) is 0 Å². The highest BCUT2D eigenvalue weighted by Gasteiger charge is 2.50. The minimum atomic E-state index is -0.122. The molecule has 0 spiro atoms. The van der Waals surface area contributed by atoms with Crippen LogP contribution in [0.25, 0.3) is 0 Å². The summed E-state index contributed by atoms with van der Waals surface area (Å²) >= 11 is 0. The summed E-state index contributed by atoms with van der Waals surface area (Å²) in [6, 6.07) is 0.143. The molecule has 2 heterocycles. The molecule has 124 valence electrons. The summed E-state index contributed by atoms with van der Waals surface area (Å²) in [7, 11) is 0. The number of amides is 2. The smallest absolute Gasteiger partial charge is 0.276 e. The minimum Gasteiger partial charge on any atom is -0.351 e. The van der Waals surface area contributed by atoms with E-state index in [0.717, 1.165) is 31.6 Å². The van der Waals surface area contributed by atoms with E-state index in [-0.39, 0.29) is 29.3 Å². The van der Waals surface area contributed by atoms with Crippen LogP contribution in [0, 0.1) is 11.3 Å². The zero-order valence-electron chi connectivity index (χ0n) is 13.4. The summed E-state index contributed by atoms with van der Waals surface area (Å²) in [6.07, 6.45) is 7.77. The number of likely N-dealkylation sites (tertiary alicyclic amines) is 1. The molecule has 3 aliphatic rings. The van der Waals surface area contributed by atoms with Gasteiger partial charge in [-0.3, -0.25) is 9.59 Å². The van der Waals surface area contributed by atoms with Crippen LogP contribution in [-0.2, 0) is 4.79 Å². The van der Waals surface area contributed by atoms with E-state index < -0.39 is 0 Å². The number of nitrogens with one attached hydrogen (secondary N) is 2. The van der Waals surface area contributed by atoms with Crippen molar-refractivity contribution in [1.82, 2.24) is 25.6 Å². The molecule has 2 atom stereocenters.